The Hall–Kier alpha value is -1.07. The second kappa shape index (κ2) is 6.91. The third kappa shape index (κ3) is 4.84. The van der Waals surface area contributed by atoms with Gasteiger partial charge in [0.1, 0.15) is 11.8 Å². The van der Waals surface area contributed by atoms with Crippen LogP contribution in [0.1, 0.15) is 20.8 Å². The molecular formula is C13H15BrClNO3. The molecule has 4 nitrogen and oxygen atoms in total. The van der Waals surface area contributed by atoms with Crippen molar-refractivity contribution < 1.29 is 14.3 Å². The van der Waals surface area contributed by atoms with Gasteiger partial charge >= 0.3 is 5.97 Å². The summed E-state index contributed by atoms with van der Waals surface area (Å²) >= 11 is 9.07. The monoisotopic (exact) mass is 347 g/mol. The molecule has 1 rings (SSSR count). The fourth-order valence-corrected chi connectivity index (χ4v) is 2.21. The van der Waals surface area contributed by atoms with Crippen molar-refractivity contribution in [2.45, 2.75) is 26.8 Å². The topological polar surface area (TPSA) is 55.4 Å². The molecule has 0 fully saturated rings. The minimum absolute atomic E-state index is 0.0672. The zero-order chi connectivity index (χ0) is 14.6. The van der Waals surface area contributed by atoms with E-state index in [4.69, 9.17) is 16.3 Å². The molecule has 0 saturated heterocycles. The lowest BCUT2D eigenvalue weighted by Gasteiger charge is -2.20. The Morgan fingerprint density at radius 3 is 2.47 bits per heavy atom. The smallest absolute Gasteiger partial charge is 0.334 e. The summed E-state index contributed by atoms with van der Waals surface area (Å²) in [5.74, 6) is -0.480. The Labute approximate surface area is 125 Å². The van der Waals surface area contributed by atoms with E-state index in [1.165, 1.54) is 6.92 Å². The third-order valence-electron chi connectivity index (χ3n) is 2.38. The Bertz CT molecular complexity index is 491. The normalized spacial score (nSPS) is 12.1. The first-order valence-electron chi connectivity index (χ1n) is 5.75. The molecule has 1 amide bonds. The zero-order valence-corrected chi connectivity index (χ0v) is 13.2. The fraction of sp³-hybridized carbons (Fsp3) is 0.385. The van der Waals surface area contributed by atoms with Crippen LogP contribution in [0.2, 0.25) is 5.02 Å². The lowest BCUT2D eigenvalue weighted by atomic mass is 10.0. The Morgan fingerprint density at radius 2 is 2.00 bits per heavy atom. The maximum Gasteiger partial charge on any atom is 0.334 e. The number of halogens is 2. The molecule has 0 spiro atoms. The number of benzene rings is 1. The largest absolute Gasteiger partial charge is 0.424 e. The van der Waals surface area contributed by atoms with E-state index in [0.29, 0.717) is 15.2 Å². The van der Waals surface area contributed by atoms with Crippen LogP contribution in [0.25, 0.3) is 0 Å². The number of amides is 1. The summed E-state index contributed by atoms with van der Waals surface area (Å²) in [6.07, 6.45) is 0. The molecule has 0 aliphatic rings. The average Bonchev–Trinajstić information content (AvgIpc) is 2.29. The van der Waals surface area contributed by atoms with Gasteiger partial charge in [-0.25, -0.2) is 4.79 Å². The van der Waals surface area contributed by atoms with Crippen molar-refractivity contribution in [3.05, 3.63) is 27.7 Å². The highest BCUT2D eigenvalue weighted by molar-refractivity contribution is 9.10. The standard InChI is InChI=1S/C13H15BrClNO3/c1-7(2)12(16-8(3)17)13(18)19-11-5-4-9(15)6-10(11)14/h4-7,12H,1-3H3,(H,16,17). The van der Waals surface area contributed by atoms with Gasteiger partial charge in [0.2, 0.25) is 5.91 Å². The number of rotatable bonds is 4. The number of carbonyl (C=O) groups is 2. The van der Waals surface area contributed by atoms with Crippen LogP contribution in [-0.2, 0) is 9.59 Å². The van der Waals surface area contributed by atoms with E-state index in [9.17, 15) is 9.59 Å². The van der Waals surface area contributed by atoms with Gasteiger partial charge in [-0.2, -0.15) is 0 Å². The molecule has 0 aliphatic carbocycles. The van der Waals surface area contributed by atoms with Crippen LogP contribution in [0.15, 0.2) is 22.7 Å². The zero-order valence-electron chi connectivity index (χ0n) is 10.9. The number of nitrogens with one attached hydrogen (secondary N) is 1. The van der Waals surface area contributed by atoms with Gasteiger partial charge in [-0.3, -0.25) is 4.79 Å². The molecule has 0 bridgehead atoms. The van der Waals surface area contributed by atoms with Crippen molar-refractivity contribution in [3.8, 4) is 5.75 Å². The molecule has 1 atom stereocenters. The molecule has 1 unspecified atom stereocenters. The average molecular weight is 349 g/mol. The Kier molecular flexibility index (Phi) is 5.82. The molecule has 0 aromatic heterocycles. The first-order valence-corrected chi connectivity index (χ1v) is 6.92. The number of ether oxygens (including phenoxy) is 1. The molecule has 1 aromatic rings. The summed E-state index contributed by atoms with van der Waals surface area (Å²) in [7, 11) is 0. The van der Waals surface area contributed by atoms with Crippen molar-refractivity contribution >= 4 is 39.4 Å². The lowest BCUT2D eigenvalue weighted by molar-refractivity contribution is -0.140. The molecule has 0 radical (unpaired) electrons. The van der Waals surface area contributed by atoms with Crippen molar-refractivity contribution in [2.24, 2.45) is 5.92 Å². The summed E-state index contributed by atoms with van der Waals surface area (Å²) in [4.78, 5) is 23.1. The van der Waals surface area contributed by atoms with Gasteiger partial charge in [-0.05, 0) is 40.0 Å². The van der Waals surface area contributed by atoms with Crippen LogP contribution in [-0.4, -0.2) is 17.9 Å². The van der Waals surface area contributed by atoms with Crippen molar-refractivity contribution in [1.29, 1.82) is 0 Å². The van der Waals surface area contributed by atoms with Crippen LogP contribution in [0.4, 0.5) is 0 Å². The van der Waals surface area contributed by atoms with Gasteiger partial charge in [0, 0.05) is 11.9 Å². The predicted molar refractivity (Wildman–Crippen MR) is 77.2 cm³/mol. The maximum absolute atomic E-state index is 12.0. The van der Waals surface area contributed by atoms with Gasteiger partial charge in [0.25, 0.3) is 0 Å². The maximum atomic E-state index is 12.0. The molecule has 6 heteroatoms. The second-order valence-electron chi connectivity index (χ2n) is 4.42. The van der Waals surface area contributed by atoms with Gasteiger partial charge in [0.15, 0.2) is 0 Å². The summed E-state index contributed by atoms with van der Waals surface area (Å²) in [6, 6.07) is 4.17. The molecule has 19 heavy (non-hydrogen) atoms. The first kappa shape index (κ1) is 16.0. The second-order valence-corrected chi connectivity index (χ2v) is 5.71. The number of esters is 1. The van der Waals surface area contributed by atoms with Crippen molar-refractivity contribution in [3.63, 3.8) is 0 Å². The number of carbonyl (C=O) groups excluding carboxylic acids is 2. The first-order chi connectivity index (χ1) is 8.81. The fourth-order valence-electron chi connectivity index (χ4n) is 1.45. The van der Waals surface area contributed by atoms with E-state index in [1.54, 1.807) is 18.2 Å². The quantitative estimate of drug-likeness (QED) is 0.671. The van der Waals surface area contributed by atoms with Gasteiger partial charge in [0.05, 0.1) is 4.47 Å². The summed E-state index contributed by atoms with van der Waals surface area (Å²) in [6.45, 7) is 5.03. The summed E-state index contributed by atoms with van der Waals surface area (Å²) < 4.78 is 5.85. The number of hydrogen-bond donors (Lipinski definition) is 1. The van der Waals surface area contributed by atoms with Gasteiger partial charge < -0.3 is 10.1 Å². The van der Waals surface area contributed by atoms with E-state index in [2.05, 4.69) is 21.2 Å². The minimum Gasteiger partial charge on any atom is -0.424 e. The minimum atomic E-state index is -0.680. The van der Waals surface area contributed by atoms with Gasteiger partial charge in [-0.15, -0.1) is 0 Å². The van der Waals surface area contributed by atoms with E-state index < -0.39 is 12.0 Å². The van der Waals surface area contributed by atoms with E-state index in [0.717, 1.165) is 0 Å². The third-order valence-corrected chi connectivity index (χ3v) is 3.24. The van der Waals surface area contributed by atoms with Crippen LogP contribution < -0.4 is 10.1 Å². The highest BCUT2D eigenvalue weighted by Crippen LogP contribution is 2.28. The van der Waals surface area contributed by atoms with E-state index in [-0.39, 0.29) is 11.8 Å². The lowest BCUT2D eigenvalue weighted by Crippen LogP contribution is -2.45. The Balaban J connectivity index is 2.84. The SMILES string of the molecule is CC(=O)NC(C(=O)Oc1ccc(Cl)cc1Br)C(C)C. The molecule has 0 aliphatic heterocycles. The van der Waals surface area contributed by atoms with Crippen LogP contribution in [0.5, 0.6) is 5.75 Å². The van der Waals surface area contributed by atoms with Crippen molar-refractivity contribution in [1.82, 2.24) is 5.32 Å². The summed E-state index contributed by atoms with van der Waals surface area (Å²) in [5.41, 5.74) is 0. The van der Waals surface area contributed by atoms with Crippen LogP contribution >= 0.6 is 27.5 Å². The molecule has 0 saturated carbocycles. The molecule has 104 valence electrons. The number of hydrogen-bond acceptors (Lipinski definition) is 3. The highest BCUT2D eigenvalue weighted by atomic mass is 79.9. The predicted octanol–water partition coefficient (Wildman–Crippen LogP) is 3.17. The van der Waals surface area contributed by atoms with Crippen LogP contribution in [0, 0.1) is 5.92 Å². The molecule has 0 heterocycles. The highest BCUT2D eigenvalue weighted by Gasteiger charge is 2.25. The summed E-state index contributed by atoms with van der Waals surface area (Å²) in [5, 5.41) is 3.11. The molecule has 1 N–H and O–H groups in total. The molecule has 1 aromatic carbocycles. The Morgan fingerprint density at radius 1 is 1.37 bits per heavy atom. The van der Waals surface area contributed by atoms with E-state index in [1.807, 2.05) is 13.8 Å². The van der Waals surface area contributed by atoms with Crippen molar-refractivity contribution in [2.75, 3.05) is 0 Å². The van der Waals surface area contributed by atoms with Crippen LogP contribution in [0.3, 0.4) is 0 Å². The molecular weight excluding hydrogens is 334 g/mol. The van der Waals surface area contributed by atoms with Gasteiger partial charge in [-0.1, -0.05) is 25.4 Å². The van der Waals surface area contributed by atoms with E-state index >= 15 is 0 Å².